The Morgan fingerprint density at radius 3 is 3.00 bits per heavy atom. The second-order valence-electron chi connectivity index (χ2n) is 4.64. The number of Topliss-reactive ketones (excluding diaryl/α,β-unsaturated/α-hetero) is 1. The molecule has 18 heavy (non-hydrogen) atoms. The van der Waals surface area contributed by atoms with Crippen LogP contribution in [0.5, 0.6) is 0 Å². The lowest BCUT2D eigenvalue weighted by atomic mass is 9.94. The molecule has 0 bridgehead atoms. The van der Waals surface area contributed by atoms with Gasteiger partial charge in [-0.15, -0.1) is 0 Å². The summed E-state index contributed by atoms with van der Waals surface area (Å²) in [6.45, 7) is 0.520. The van der Waals surface area contributed by atoms with Gasteiger partial charge in [-0.2, -0.15) is 0 Å². The number of benzene rings is 1. The van der Waals surface area contributed by atoms with Gasteiger partial charge in [0.1, 0.15) is 5.78 Å². The van der Waals surface area contributed by atoms with E-state index in [0.717, 1.165) is 22.9 Å². The number of nitrogens with zero attached hydrogens (tertiary/aromatic N) is 1. The maximum absolute atomic E-state index is 11.6. The number of para-hydroxylation sites is 1. The normalized spacial score (nSPS) is 20.3. The number of fused-ring (bicyclic) bond motifs is 1. The first-order valence-corrected chi connectivity index (χ1v) is 6.08. The maximum atomic E-state index is 11.6. The third-order valence-corrected chi connectivity index (χ3v) is 3.59. The van der Waals surface area contributed by atoms with Crippen LogP contribution in [0, 0.1) is 0 Å². The first kappa shape index (κ1) is 11.0. The number of carbonyl (C=O) groups is 2. The minimum atomic E-state index is -0.125. The van der Waals surface area contributed by atoms with Crippen molar-refractivity contribution in [3.8, 4) is 0 Å². The number of carbonyl (C=O) groups excluding carboxylic acids is 2. The number of H-pyrrole nitrogens is 1. The Morgan fingerprint density at radius 2 is 2.17 bits per heavy atom. The molecule has 0 radical (unpaired) electrons. The van der Waals surface area contributed by atoms with Crippen LogP contribution >= 0.6 is 0 Å². The van der Waals surface area contributed by atoms with E-state index in [1.807, 2.05) is 30.5 Å². The molecule has 3 rings (SSSR count). The average Bonchev–Trinajstić information content (AvgIpc) is 2.82. The topological polar surface area (TPSA) is 53.2 Å². The maximum Gasteiger partial charge on any atom is 0.210 e. The minimum Gasteiger partial charge on any atom is -0.361 e. The number of ketones is 1. The van der Waals surface area contributed by atoms with Gasteiger partial charge in [0.15, 0.2) is 0 Å². The standard InChI is InChI=1S/C14H14N2O2/c17-9-16-6-5-10(18)7-14(16)12-8-15-13-4-2-1-3-11(12)13/h1-4,8-9,14-15H,5-7H2/t14-/m0/s1. The van der Waals surface area contributed by atoms with Crippen molar-refractivity contribution in [2.45, 2.75) is 18.9 Å². The number of nitrogens with one attached hydrogen (secondary N) is 1. The molecule has 0 unspecified atom stereocenters. The van der Waals surface area contributed by atoms with E-state index in [1.54, 1.807) is 4.90 Å². The van der Waals surface area contributed by atoms with E-state index in [2.05, 4.69) is 4.98 Å². The number of aromatic amines is 1. The first-order chi connectivity index (χ1) is 8.79. The zero-order chi connectivity index (χ0) is 12.5. The smallest absolute Gasteiger partial charge is 0.210 e. The highest BCUT2D eigenvalue weighted by atomic mass is 16.1. The Labute approximate surface area is 105 Å². The van der Waals surface area contributed by atoms with Crippen molar-refractivity contribution in [2.75, 3.05) is 6.54 Å². The van der Waals surface area contributed by atoms with Gasteiger partial charge in [-0.05, 0) is 6.07 Å². The number of hydrogen-bond acceptors (Lipinski definition) is 2. The zero-order valence-corrected chi connectivity index (χ0v) is 9.93. The number of hydrogen-bond donors (Lipinski definition) is 1. The molecule has 1 aromatic heterocycles. The van der Waals surface area contributed by atoms with E-state index in [0.29, 0.717) is 19.4 Å². The highest BCUT2D eigenvalue weighted by Crippen LogP contribution is 2.32. The Kier molecular flexibility index (Phi) is 2.63. The molecule has 92 valence electrons. The minimum absolute atomic E-state index is 0.125. The highest BCUT2D eigenvalue weighted by Gasteiger charge is 2.28. The lowest BCUT2D eigenvalue weighted by Crippen LogP contribution is -2.35. The summed E-state index contributed by atoms with van der Waals surface area (Å²) in [6.07, 6.45) is 3.64. The van der Waals surface area contributed by atoms with Gasteiger partial charge in [0.05, 0.1) is 6.04 Å². The molecular formula is C14H14N2O2. The molecule has 0 aliphatic carbocycles. The summed E-state index contributed by atoms with van der Waals surface area (Å²) in [5.41, 5.74) is 2.07. The molecule has 1 atom stereocenters. The molecule has 1 aromatic carbocycles. The van der Waals surface area contributed by atoms with Crippen LogP contribution in [-0.4, -0.2) is 28.6 Å². The van der Waals surface area contributed by atoms with E-state index in [1.165, 1.54) is 0 Å². The third-order valence-electron chi connectivity index (χ3n) is 3.59. The monoisotopic (exact) mass is 242 g/mol. The predicted molar refractivity (Wildman–Crippen MR) is 68.1 cm³/mol. The summed E-state index contributed by atoms with van der Waals surface area (Å²) in [4.78, 5) is 27.6. The molecule has 1 fully saturated rings. The zero-order valence-electron chi connectivity index (χ0n) is 9.93. The van der Waals surface area contributed by atoms with Crippen molar-refractivity contribution in [2.24, 2.45) is 0 Å². The lowest BCUT2D eigenvalue weighted by Gasteiger charge is -2.31. The van der Waals surface area contributed by atoms with E-state index in [4.69, 9.17) is 0 Å². The molecule has 0 spiro atoms. The van der Waals surface area contributed by atoms with Crippen LogP contribution in [0.2, 0.25) is 0 Å². The van der Waals surface area contributed by atoms with Gasteiger partial charge in [0, 0.05) is 42.0 Å². The molecule has 1 aliphatic heterocycles. The summed E-state index contributed by atoms with van der Waals surface area (Å²) < 4.78 is 0. The number of likely N-dealkylation sites (tertiary alicyclic amines) is 1. The molecule has 1 saturated heterocycles. The molecule has 1 aliphatic rings. The second kappa shape index (κ2) is 4.29. The number of aromatic nitrogens is 1. The average molecular weight is 242 g/mol. The molecule has 1 N–H and O–H groups in total. The Balaban J connectivity index is 2.06. The summed E-state index contributed by atoms with van der Waals surface area (Å²) in [5.74, 6) is 0.225. The van der Waals surface area contributed by atoms with Crippen molar-refractivity contribution in [3.05, 3.63) is 36.0 Å². The van der Waals surface area contributed by atoms with Gasteiger partial charge in [-0.3, -0.25) is 9.59 Å². The SMILES string of the molecule is O=CN1CCC(=O)C[C@H]1c1c[nH]c2ccccc12. The first-order valence-electron chi connectivity index (χ1n) is 6.08. The summed E-state index contributed by atoms with van der Waals surface area (Å²) in [5, 5.41) is 1.09. The van der Waals surface area contributed by atoms with E-state index < -0.39 is 0 Å². The van der Waals surface area contributed by atoms with Crippen LogP contribution in [0.15, 0.2) is 30.5 Å². The van der Waals surface area contributed by atoms with E-state index in [9.17, 15) is 9.59 Å². The van der Waals surface area contributed by atoms with Crippen LogP contribution in [0.4, 0.5) is 0 Å². The molecule has 0 saturated carbocycles. The van der Waals surface area contributed by atoms with Crippen LogP contribution in [0.3, 0.4) is 0 Å². The fraction of sp³-hybridized carbons (Fsp3) is 0.286. The van der Waals surface area contributed by atoms with Crippen LogP contribution in [-0.2, 0) is 9.59 Å². The quantitative estimate of drug-likeness (QED) is 0.819. The summed E-state index contributed by atoms with van der Waals surface area (Å²) in [6, 6.07) is 7.82. The van der Waals surface area contributed by atoms with Crippen LogP contribution < -0.4 is 0 Å². The van der Waals surface area contributed by atoms with E-state index >= 15 is 0 Å². The van der Waals surface area contributed by atoms with Gasteiger partial charge in [-0.25, -0.2) is 0 Å². The van der Waals surface area contributed by atoms with E-state index in [-0.39, 0.29) is 11.8 Å². The largest absolute Gasteiger partial charge is 0.361 e. The van der Waals surface area contributed by atoms with Crippen molar-refractivity contribution in [1.29, 1.82) is 0 Å². The van der Waals surface area contributed by atoms with Gasteiger partial charge < -0.3 is 9.88 Å². The fourth-order valence-electron chi connectivity index (χ4n) is 2.63. The molecule has 1 amide bonds. The van der Waals surface area contributed by atoms with Crippen molar-refractivity contribution < 1.29 is 9.59 Å². The molecule has 4 heteroatoms. The van der Waals surface area contributed by atoms with Crippen molar-refractivity contribution >= 4 is 23.1 Å². The van der Waals surface area contributed by atoms with Crippen LogP contribution in [0.1, 0.15) is 24.4 Å². The molecule has 2 heterocycles. The second-order valence-corrected chi connectivity index (χ2v) is 4.64. The number of piperidine rings is 1. The Hall–Kier alpha value is -2.10. The Bertz CT molecular complexity index is 603. The fourth-order valence-corrected chi connectivity index (χ4v) is 2.63. The lowest BCUT2D eigenvalue weighted by molar-refractivity contribution is -0.129. The Morgan fingerprint density at radius 1 is 1.33 bits per heavy atom. The van der Waals surface area contributed by atoms with Crippen molar-refractivity contribution in [3.63, 3.8) is 0 Å². The summed E-state index contributed by atoms with van der Waals surface area (Å²) in [7, 11) is 0. The van der Waals surface area contributed by atoms with Crippen LogP contribution in [0.25, 0.3) is 10.9 Å². The molecule has 4 nitrogen and oxygen atoms in total. The van der Waals surface area contributed by atoms with Gasteiger partial charge >= 0.3 is 0 Å². The number of amides is 1. The predicted octanol–water partition coefficient (Wildman–Crippen LogP) is 2.03. The highest BCUT2D eigenvalue weighted by molar-refractivity contribution is 5.86. The third kappa shape index (κ3) is 1.70. The molecule has 2 aromatic rings. The van der Waals surface area contributed by atoms with Gasteiger partial charge in [-0.1, -0.05) is 18.2 Å². The van der Waals surface area contributed by atoms with Gasteiger partial charge in [0.25, 0.3) is 0 Å². The van der Waals surface area contributed by atoms with Crippen molar-refractivity contribution in [1.82, 2.24) is 9.88 Å². The number of rotatable bonds is 2. The summed E-state index contributed by atoms with van der Waals surface area (Å²) >= 11 is 0. The van der Waals surface area contributed by atoms with Gasteiger partial charge in [0.2, 0.25) is 6.41 Å². The molecular weight excluding hydrogens is 228 g/mol.